The number of hydrogen-bond acceptors (Lipinski definition) is 5. The summed E-state index contributed by atoms with van der Waals surface area (Å²) in [6.45, 7) is 7.46. The van der Waals surface area contributed by atoms with E-state index in [4.69, 9.17) is 17.3 Å². The molecule has 23 heavy (non-hydrogen) atoms. The Labute approximate surface area is 136 Å². The van der Waals surface area contributed by atoms with E-state index >= 15 is 0 Å². The molecule has 2 aromatic rings. The summed E-state index contributed by atoms with van der Waals surface area (Å²) in [4.78, 5) is 11.0. The van der Waals surface area contributed by atoms with E-state index in [0.717, 1.165) is 17.7 Å². The van der Waals surface area contributed by atoms with E-state index < -0.39 is 17.3 Å². The molecule has 1 heterocycles. The highest BCUT2D eigenvalue weighted by molar-refractivity contribution is 7.71. The number of hydrogen-bond donors (Lipinski definition) is 4. The Morgan fingerprint density at radius 1 is 1.39 bits per heavy atom. The first-order chi connectivity index (χ1) is 10.8. The van der Waals surface area contributed by atoms with Crippen molar-refractivity contribution in [2.75, 3.05) is 0 Å². The van der Waals surface area contributed by atoms with Crippen molar-refractivity contribution in [3.8, 4) is 22.9 Å². The Morgan fingerprint density at radius 2 is 2.04 bits per heavy atom. The molecule has 0 saturated carbocycles. The number of aromatic amines is 1. The molecule has 1 aromatic carbocycles. The molecule has 0 aliphatic rings. The van der Waals surface area contributed by atoms with Crippen molar-refractivity contribution in [3.63, 3.8) is 0 Å². The number of aromatic carboxylic acids is 1. The standard InChI is InChI=1S/C15H15N3O4S/c1-4-10(7(2)3)18-13(16-17-15(18)23)8-5-12(20)9(14(21)22)6-11(8)19/h4-6,19-20H,2H2,1,3H3,(H,17,23)(H,21,22)/b10-4+. The molecule has 0 fully saturated rings. The van der Waals surface area contributed by atoms with Gasteiger partial charge in [0.05, 0.1) is 5.56 Å². The molecule has 0 radical (unpaired) electrons. The second-order valence-corrected chi connectivity index (χ2v) is 5.22. The van der Waals surface area contributed by atoms with E-state index in [2.05, 4.69) is 16.8 Å². The van der Waals surface area contributed by atoms with Gasteiger partial charge in [-0.25, -0.2) is 4.79 Å². The number of nitrogens with one attached hydrogen (secondary N) is 1. The minimum atomic E-state index is -1.35. The Balaban J connectivity index is 2.75. The lowest BCUT2D eigenvalue weighted by Gasteiger charge is -2.12. The fourth-order valence-corrected chi connectivity index (χ4v) is 2.43. The van der Waals surface area contributed by atoms with Crippen LogP contribution in [-0.2, 0) is 0 Å². The largest absolute Gasteiger partial charge is 0.507 e. The third-order valence-corrected chi connectivity index (χ3v) is 3.48. The van der Waals surface area contributed by atoms with Crippen LogP contribution in [0.2, 0.25) is 0 Å². The first-order valence-corrected chi connectivity index (χ1v) is 6.98. The van der Waals surface area contributed by atoms with Gasteiger partial charge in [-0.05, 0) is 43.8 Å². The van der Waals surface area contributed by atoms with Crippen molar-refractivity contribution < 1.29 is 20.1 Å². The van der Waals surface area contributed by atoms with Crippen molar-refractivity contribution in [2.45, 2.75) is 13.8 Å². The number of carboxylic acid groups (broad SMARTS) is 1. The van der Waals surface area contributed by atoms with Crippen molar-refractivity contribution in [3.05, 3.63) is 40.7 Å². The SMILES string of the molecule is C=C(C)/C(=C\C)n1c(-c2cc(O)c(C(=O)O)cc2O)n[nH]c1=S. The Bertz CT molecular complexity index is 893. The molecule has 0 amide bonds. The van der Waals surface area contributed by atoms with Crippen LogP contribution in [0.4, 0.5) is 0 Å². The van der Waals surface area contributed by atoms with Gasteiger partial charge in [0, 0.05) is 5.70 Å². The van der Waals surface area contributed by atoms with Crippen molar-refractivity contribution >= 4 is 23.9 Å². The quantitative estimate of drug-likeness (QED) is 0.388. The van der Waals surface area contributed by atoms with Gasteiger partial charge in [-0.1, -0.05) is 12.7 Å². The summed E-state index contributed by atoms with van der Waals surface area (Å²) in [7, 11) is 0. The topological polar surface area (TPSA) is 111 Å². The number of phenols is 2. The molecule has 120 valence electrons. The lowest BCUT2D eigenvalue weighted by molar-refractivity contribution is 0.0693. The average molecular weight is 333 g/mol. The van der Waals surface area contributed by atoms with Crippen molar-refractivity contribution in [2.24, 2.45) is 0 Å². The predicted octanol–water partition coefficient (Wildman–Crippen LogP) is 3.15. The average Bonchev–Trinajstić information content (AvgIpc) is 2.83. The molecule has 0 aliphatic carbocycles. The Morgan fingerprint density at radius 3 is 2.57 bits per heavy atom. The van der Waals surface area contributed by atoms with Gasteiger partial charge in [-0.2, -0.15) is 5.10 Å². The zero-order chi connectivity index (χ0) is 17.3. The van der Waals surface area contributed by atoms with E-state index in [9.17, 15) is 15.0 Å². The first kappa shape index (κ1) is 16.5. The second kappa shape index (κ2) is 6.09. The van der Waals surface area contributed by atoms with Crippen LogP contribution in [0.1, 0.15) is 24.2 Å². The lowest BCUT2D eigenvalue weighted by atomic mass is 10.1. The zero-order valence-corrected chi connectivity index (χ0v) is 13.3. The molecule has 4 N–H and O–H groups in total. The highest BCUT2D eigenvalue weighted by atomic mass is 32.1. The summed E-state index contributed by atoms with van der Waals surface area (Å²) in [6.07, 6.45) is 1.78. The van der Waals surface area contributed by atoms with Gasteiger partial charge in [0.15, 0.2) is 10.6 Å². The van der Waals surface area contributed by atoms with Crippen molar-refractivity contribution in [1.29, 1.82) is 0 Å². The van der Waals surface area contributed by atoms with Crippen LogP contribution in [0.5, 0.6) is 11.5 Å². The Kier molecular flexibility index (Phi) is 4.37. The fourth-order valence-electron chi connectivity index (χ4n) is 2.19. The molecular weight excluding hydrogens is 318 g/mol. The number of phenolic OH excluding ortho intramolecular Hbond substituents is 1. The van der Waals surface area contributed by atoms with E-state index in [0.29, 0.717) is 5.70 Å². The molecule has 0 saturated heterocycles. The number of carbonyl (C=O) groups is 1. The third kappa shape index (κ3) is 2.88. The summed E-state index contributed by atoms with van der Waals surface area (Å²) in [6, 6.07) is 2.09. The monoisotopic (exact) mass is 333 g/mol. The normalized spacial score (nSPS) is 11.5. The molecular formula is C15H15N3O4S. The van der Waals surface area contributed by atoms with E-state index in [1.165, 1.54) is 0 Å². The first-order valence-electron chi connectivity index (χ1n) is 6.57. The molecule has 2 rings (SSSR count). The number of allylic oxidation sites excluding steroid dienone is 3. The van der Waals surface area contributed by atoms with Crippen LogP contribution < -0.4 is 0 Å². The smallest absolute Gasteiger partial charge is 0.339 e. The summed E-state index contributed by atoms with van der Waals surface area (Å²) < 4.78 is 1.82. The van der Waals surface area contributed by atoms with Gasteiger partial charge < -0.3 is 15.3 Å². The number of nitrogens with zero attached hydrogens (tertiary/aromatic N) is 2. The molecule has 0 spiro atoms. The molecule has 0 atom stereocenters. The van der Waals surface area contributed by atoms with Gasteiger partial charge >= 0.3 is 5.97 Å². The molecule has 0 unspecified atom stereocenters. The van der Waals surface area contributed by atoms with Crippen LogP contribution in [0, 0.1) is 4.77 Å². The number of aromatic hydroxyl groups is 2. The second-order valence-electron chi connectivity index (χ2n) is 4.83. The van der Waals surface area contributed by atoms with E-state index in [1.807, 2.05) is 0 Å². The lowest BCUT2D eigenvalue weighted by Crippen LogP contribution is -2.02. The highest BCUT2D eigenvalue weighted by Crippen LogP contribution is 2.35. The molecule has 8 heteroatoms. The zero-order valence-electron chi connectivity index (χ0n) is 12.5. The third-order valence-electron chi connectivity index (χ3n) is 3.21. The fraction of sp³-hybridized carbons (Fsp3) is 0.133. The minimum absolute atomic E-state index is 0.139. The summed E-state index contributed by atoms with van der Waals surface area (Å²) in [5.74, 6) is -1.94. The van der Waals surface area contributed by atoms with E-state index in [1.54, 1.807) is 24.5 Å². The number of benzene rings is 1. The molecule has 1 aromatic heterocycles. The van der Waals surface area contributed by atoms with Gasteiger partial charge in [0.2, 0.25) is 0 Å². The maximum atomic E-state index is 11.0. The number of carboxylic acids is 1. The van der Waals surface area contributed by atoms with Gasteiger partial charge in [0.25, 0.3) is 0 Å². The van der Waals surface area contributed by atoms with Gasteiger partial charge in [-0.3, -0.25) is 9.67 Å². The number of H-pyrrole nitrogens is 1. The van der Waals surface area contributed by atoms with Crippen LogP contribution in [0.15, 0.2) is 30.4 Å². The number of aromatic nitrogens is 3. The predicted molar refractivity (Wildman–Crippen MR) is 87.9 cm³/mol. The molecule has 7 nitrogen and oxygen atoms in total. The maximum Gasteiger partial charge on any atom is 0.339 e. The van der Waals surface area contributed by atoms with E-state index in [-0.39, 0.29) is 21.9 Å². The molecule has 0 aliphatic heterocycles. The van der Waals surface area contributed by atoms with Gasteiger partial charge in [0.1, 0.15) is 17.1 Å². The van der Waals surface area contributed by atoms with Crippen molar-refractivity contribution in [1.82, 2.24) is 14.8 Å². The van der Waals surface area contributed by atoms with Crippen LogP contribution in [0.3, 0.4) is 0 Å². The molecule has 0 bridgehead atoms. The van der Waals surface area contributed by atoms with Gasteiger partial charge in [-0.15, -0.1) is 0 Å². The summed E-state index contributed by atoms with van der Waals surface area (Å²) in [5.41, 5.74) is 1.12. The summed E-state index contributed by atoms with van der Waals surface area (Å²) >= 11 is 5.20. The minimum Gasteiger partial charge on any atom is -0.507 e. The summed E-state index contributed by atoms with van der Waals surface area (Å²) in [5, 5.41) is 35.6. The van der Waals surface area contributed by atoms with Crippen LogP contribution >= 0.6 is 12.2 Å². The Hall–Kier alpha value is -2.87. The number of rotatable bonds is 4. The van der Waals surface area contributed by atoms with Crippen LogP contribution in [0.25, 0.3) is 17.1 Å². The van der Waals surface area contributed by atoms with Crippen LogP contribution in [-0.4, -0.2) is 36.1 Å². The highest BCUT2D eigenvalue weighted by Gasteiger charge is 2.20. The maximum absolute atomic E-state index is 11.0.